The average molecular weight is 213 g/mol. The molecule has 4 heteroatoms. The maximum atomic E-state index is 11.0. The first-order valence-electron chi connectivity index (χ1n) is 5.90. The van der Waals surface area contributed by atoms with Crippen molar-refractivity contribution in [1.82, 2.24) is 10.3 Å². The zero-order valence-corrected chi connectivity index (χ0v) is 9.83. The summed E-state index contributed by atoms with van der Waals surface area (Å²) in [7, 11) is 0. The van der Waals surface area contributed by atoms with Crippen LogP contribution in [-0.2, 0) is 4.79 Å². The number of carbonyl (C=O) groups is 1. The standard InChI is InChI=1S/C11H23N3O/c1-9-5-3-6-10(2)14(9)8-4-7-11(15)13-12/h9-10H,3-8,12H2,1-2H3,(H,13,15). The molecule has 88 valence electrons. The summed E-state index contributed by atoms with van der Waals surface area (Å²) in [6.45, 7) is 5.56. The maximum absolute atomic E-state index is 11.0. The van der Waals surface area contributed by atoms with Gasteiger partial charge in [0.2, 0.25) is 5.91 Å². The van der Waals surface area contributed by atoms with E-state index in [1.54, 1.807) is 0 Å². The minimum atomic E-state index is -0.0627. The monoisotopic (exact) mass is 213 g/mol. The summed E-state index contributed by atoms with van der Waals surface area (Å²) in [6.07, 6.45) is 5.34. The molecule has 0 spiro atoms. The zero-order valence-electron chi connectivity index (χ0n) is 9.83. The Morgan fingerprint density at radius 3 is 2.53 bits per heavy atom. The van der Waals surface area contributed by atoms with Gasteiger partial charge in [0.05, 0.1) is 0 Å². The molecule has 1 saturated heterocycles. The number of nitrogens with two attached hydrogens (primary N) is 1. The topological polar surface area (TPSA) is 58.4 Å². The van der Waals surface area contributed by atoms with E-state index >= 15 is 0 Å². The second kappa shape index (κ2) is 6.08. The van der Waals surface area contributed by atoms with Crippen molar-refractivity contribution in [1.29, 1.82) is 0 Å². The normalized spacial score (nSPS) is 27.7. The molecular formula is C11H23N3O. The van der Waals surface area contributed by atoms with Gasteiger partial charge in [0.1, 0.15) is 0 Å². The van der Waals surface area contributed by atoms with Crippen molar-refractivity contribution in [2.24, 2.45) is 5.84 Å². The molecule has 0 aromatic heterocycles. The van der Waals surface area contributed by atoms with E-state index in [0.717, 1.165) is 13.0 Å². The second-order valence-electron chi connectivity index (χ2n) is 4.54. The number of hydrogen-bond donors (Lipinski definition) is 2. The first-order valence-corrected chi connectivity index (χ1v) is 5.90. The van der Waals surface area contributed by atoms with Crippen molar-refractivity contribution < 1.29 is 4.79 Å². The Morgan fingerprint density at radius 2 is 2.00 bits per heavy atom. The number of carbonyl (C=O) groups excluding carboxylic acids is 1. The van der Waals surface area contributed by atoms with Gasteiger partial charge in [-0.15, -0.1) is 0 Å². The number of likely N-dealkylation sites (tertiary alicyclic amines) is 1. The fourth-order valence-electron chi connectivity index (χ4n) is 2.41. The van der Waals surface area contributed by atoms with Crippen molar-refractivity contribution in [3.05, 3.63) is 0 Å². The Labute approximate surface area is 92.2 Å². The molecule has 1 amide bonds. The predicted molar refractivity (Wildman–Crippen MR) is 61.0 cm³/mol. The fourth-order valence-corrected chi connectivity index (χ4v) is 2.41. The molecule has 1 aliphatic heterocycles. The molecule has 2 atom stereocenters. The first-order chi connectivity index (χ1) is 7.15. The van der Waals surface area contributed by atoms with Gasteiger partial charge < -0.3 is 0 Å². The lowest BCUT2D eigenvalue weighted by Gasteiger charge is -2.39. The van der Waals surface area contributed by atoms with E-state index < -0.39 is 0 Å². The first kappa shape index (κ1) is 12.5. The zero-order chi connectivity index (χ0) is 11.3. The van der Waals surface area contributed by atoms with Crippen LogP contribution in [0.25, 0.3) is 0 Å². The molecule has 1 aliphatic rings. The van der Waals surface area contributed by atoms with Gasteiger partial charge in [-0.3, -0.25) is 15.1 Å². The van der Waals surface area contributed by atoms with Crippen LogP contribution in [0.4, 0.5) is 0 Å². The predicted octanol–water partition coefficient (Wildman–Crippen LogP) is 1.02. The third-order valence-electron chi connectivity index (χ3n) is 3.36. The van der Waals surface area contributed by atoms with E-state index in [-0.39, 0.29) is 5.91 Å². The minimum absolute atomic E-state index is 0.0627. The summed E-state index contributed by atoms with van der Waals surface area (Å²) >= 11 is 0. The third-order valence-corrected chi connectivity index (χ3v) is 3.36. The quantitative estimate of drug-likeness (QED) is 0.416. The van der Waals surface area contributed by atoms with Crippen molar-refractivity contribution in [3.8, 4) is 0 Å². The lowest BCUT2D eigenvalue weighted by Crippen LogP contribution is -2.44. The van der Waals surface area contributed by atoms with E-state index in [2.05, 4.69) is 24.2 Å². The molecule has 0 bridgehead atoms. The third kappa shape index (κ3) is 3.80. The van der Waals surface area contributed by atoms with Gasteiger partial charge in [-0.1, -0.05) is 6.42 Å². The van der Waals surface area contributed by atoms with E-state index in [9.17, 15) is 4.79 Å². The smallest absolute Gasteiger partial charge is 0.233 e. The Bertz CT molecular complexity index is 198. The lowest BCUT2D eigenvalue weighted by atomic mass is 9.97. The molecule has 4 nitrogen and oxygen atoms in total. The molecule has 0 aliphatic carbocycles. The summed E-state index contributed by atoms with van der Waals surface area (Å²) < 4.78 is 0. The number of nitrogens with zero attached hydrogens (tertiary/aromatic N) is 1. The van der Waals surface area contributed by atoms with Gasteiger partial charge in [-0.2, -0.15) is 0 Å². The highest BCUT2D eigenvalue weighted by Crippen LogP contribution is 2.22. The summed E-state index contributed by atoms with van der Waals surface area (Å²) in [5.41, 5.74) is 2.17. The average Bonchev–Trinajstić information content (AvgIpc) is 2.22. The van der Waals surface area contributed by atoms with Crippen LogP contribution in [0.5, 0.6) is 0 Å². The Hall–Kier alpha value is -0.610. The number of hydrazine groups is 1. The van der Waals surface area contributed by atoms with Crippen LogP contribution in [0.1, 0.15) is 46.0 Å². The second-order valence-corrected chi connectivity index (χ2v) is 4.54. The molecule has 15 heavy (non-hydrogen) atoms. The van der Waals surface area contributed by atoms with E-state index in [1.165, 1.54) is 19.3 Å². The van der Waals surface area contributed by atoms with Crippen LogP contribution in [-0.4, -0.2) is 29.4 Å². The minimum Gasteiger partial charge on any atom is -0.298 e. The van der Waals surface area contributed by atoms with Crippen molar-refractivity contribution in [2.75, 3.05) is 6.54 Å². The highest BCUT2D eigenvalue weighted by Gasteiger charge is 2.23. The summed E-state index contributed by atoms with van der Waals surface area (Å²) in [5, 5.41) is 0. The van der Waals surface area contributed by atoms with Gasteiger partial charge in [-0.05, 0) is 39.7 Å². The van der Waals surface area contributed by atoms with Crippen LogP contribution in [0.15, 0.2) is 0 Å². The molecule has 1 heterocycles. The molecule has 1 fully saturated rings. The summed E-state index contributed by atoms with van der Waals surface area (Å²) in [5.74, 6) is 4.97. The molecular weight excluding hydrogens is 190 g/mol. The fraction of sp³-hybridized carbons (Fsp3) is 0.909. The number of piperidine rings is 1. The molecule has 0 radical (unpaired) electrons. The van der Waals surface area contributed by atoms with Gasteiger partial charge >= 0.3 is 0 Å². The molecule has 0 saturated carbocycles. The number of hydrogen-bond acceptors (Lipinski definition) is 3. The van der Waals surface area contributed by atoms with Crippen LogP contribution in [0, 0.1) is 0 Å². The van der Waals surface area contributed by atoms with Gasteiger partial charge in [-0.25, -0.2) is 5.84 Å². The van der Waals surface area contributed by atoms with E-state index in [0.29, 0.717) is 18.5 Å². The van der Waals surface area contributed by atoms with Crippen LogP contribution in [0.2, 0.25) is 0 Å². The molecule has 0 aromatic rings. The largest absolute Gasteiger partial charge is 0.298 e. The molecule has 2 unspecified atom stereocenters. The lowest BCUT2D eigenvalue weighted by molar-refractivity contribution is -0.121. The highest BCUT2D eigenvalue weighted by atomic mass is 16.2. The van der Waals surface area contributed by atoms with Crippen molar-refractivity contribution >= 4 is 5.91 Å². The number of rotatable bonds is 4. The Morgan fingerprint density at radius 1 is 1.40 bits per heavy atom. The Balaban J connectivity index is 2.26. The Kier molecular flexibility index (Phi) is 5.05. The van der Waals surface area contributed by atoms with Crippen LogP contribution >= 0.6 is 0 Å². The van der Waals surface area contributed by atoms with Gasteiger partial charge in [0.25, 0.3) is 0 Å². The van der Waals surface area contributed by atoms with Gasteiger partial charge in [0, 0.05) is 18.5 Å². The molecule has 3 N–H and O–H groups in total. The van der Waals surface area contributed by atoms with Crippen molar-refractivity contribution in [3.63, 3.8) is 0 Å². The highest BCUT2D eigenvalue weighted by molar-refractivity contribution is 5.75. The summed E-state index contributed by atoms with van der Waals surface area (Å²) in [4.78, 5) is 13.5. The van der Waals surface area contributed by atoms with Crippen LogP contribution < -0.4 is 11.3 Å². The van der Waals surface area contributed by atoms with E-state index in [4.69, 9.17) is 5.84 Å². The number of amides is 1. The summed E-state index contributed by atoms with van der Waals surface area (Å²) in [6, 6.07) is 1.32. The molecule has 1 rings (SSSR count). The van der Waals surface area contributed by atoms with Crippen LogP contribution in [0.3, 0.4) is 0 Å². The maximum Gasteiger partial charge on any atom is 0.233 e. The molecule has 0 aromatic carbocycles. The SMILES string of the molecule is CC1CCCC(C)N1CCCC(=O)NN. The van der Waals surface area contributed by atoms with E-state index in [1.807, 2.05) is 0 Å². The van der Waals surface area contributed by atoms with Gasteiger partial charge in [0.15, 0.2) is 0 Å². The number of nitrogens with one attached hydrogen (secondary N) is 1. The van der Waals surface area contributed by atoms with Crippen molar-refractivity contribution in [2.45, 2.75) is 58.0 Å².